The molecule has 1 aliphatic heterocycles. The molecular weight excluding hydrogens is 184 g/mol. The molecule has 0 fully saturated rings. The van der Waals surface area contributed by atoms with Crippen molar-refractivity contribution in [2.75, 3.05) is 11.9 Å². The number of fused-ring (bicyclic) bond motifs is 1. The van der Waals surface area contributed by atoms with Crippen LogP contribution >= 0.6 is 0 Å². The van der Waals surface area contributed by atoms with Crippen LogP contribution < -0.4 is 10.6 Å². The molecule has 0 saturated carbocycles. The lowest BCUT2D eigenvalue weighted by atomic mass is 9.97. The SMILES string of the molecule is Cc1ccc2c(c1)CC(NC(C)C)CN2. The van der Waals surface area contributed by atoms with Crippen LogP contribution in [0.15, 0.2) is 18.2 Å². The molecule has 2 nitrogen and oxygen atoms in total. The van der Waals surface area contributed by atoms with E-state index in [0.717, 1.165) is 13.0 Å². The molecule has 1 aromatic rings. The summed E-state index contributed by atoms with van der Waals surface area (Å²) in [6, 6.07) is 7.77. The van der Waals surface area contributed by atoms with Crippen LogP contribution in [0.2, 0.25) is 0 Å². The van der Waals surface area contributed by atoms with Crippen LogP contribution in [0.25, 0.3) is 0 Å². The second-order valence-corrected chi connectivity index (χ2v) is 4.76. The van der Waals surface area contributed by atoms with Gasteiger partial charge >= 0.3 is 0 Å². The van der Waals surface area contributed by atoms with Gasteiger partial charge in [-0.1, -0.05) is 31.5 Å². The number of anilines is 1. The third-order valence-corrected chi connectivity index (χ3v) is 2.84. The number of hydrogen-bond acceptors (Lipinski definition) is 2. The zero-order chi connectivity index (χ0) is 10.8. The molecule has 0 aromatic heterocycles. The number of hydrogen-bond donors (Lipinski definition) is 2. The van der Waals surface area contributed by atoms with Crippen molar-refractivity contribution in [2.45, 2.75) is 39.3 Å². The van der Waals surface area contributed by atoms with E-state index in [1.54, 1.807) is 0 Å². The average molecular weight is 204 g/mol. The van der Waals surface area contributed by atoms with Crippen LogP contribution in [0.5, 0.6) is 0 Å². The summed E-state index contributed by atoms with van der Waals surface area (Å²) in [5, 5.41) is 7.06. The van der Waals surface area contributed by atoms with Crippen LogP contribution in [-0.2, 0) is 6.42 Å². The topological polar surface area (TPSA) is 24.1 Å². The quantitative estimate of drug-likeness (QED) is 0.772. The maximum Gasteiger partial charge on any atom is 0.0374 e. The summed E-state index contributed by atoms with van der Waals surface area (Å²) in [7, 11) is 0. The van der Waals surface area contributed by atoms with E-state index >= 15 is 0 Å². The smallest absolute Gasteiger partial charge is 0.0374 e. The molecule has 0 aliphatic carbocycles. The van der Waals surface area contributed by atoms with E-state index in [-0.39, 0.29) is 0 Å². The van der Waals surface area contributed by atoms with Crippen molar-refractivity contribution in [2.24, 2.45) is 0 Å². The van der Waals surface area contributed by atoms with E-state index in [1.807, 2.05) is 0 Å². The van der Waals surface area contributed by atoms with Crippen LogP contribution in [0.1, 0.15) is 25.0 Å². The Labute approximate surface area is 92.1 Å². The van der Waals surface area contributed by atoms with Gasteiger partial charge in [-0.05, 0) is 25.0 Å². The van der Waals surface area contributed by atoms with E-state index in [4.69, 9.17) is 0 Å². The van der Waals surface area contributed by atoms with Gasteiger partial charge in [0, 0.05) is 24.3 Å². The van der Waals surface area contributed by atoms with Gasteiger partial charge in [-0.3, -0.25) is 0 Å². The Hall–Kier alpha value is -1.02. The highest BCUT2D eigenvalue weighted by Gasteiger charge is 2.18. The summed E-state index contributed by atoms with van der Waals surface area (Å²) in [6.45, 7) is 7.59. The monoisotopic (exact) mass is 204 g/mol. The summed E-state index contributed by atoms with van der Waals surface area (Å²) in [6.07, 6.45) is 1.14. The fraction of sp³-hybridized carbons (Fsp3) is 0.538. The maximum absolute atomic E-state index is 3.58. The summed E-state index contributed by atoms with van der Waals surface area (Å²) < 4.78 is 0. The first-order valence-electron chi connectivity index (χ1n) is 5.74. The Bertz CT molecular complexity index is 344. The number of nitrogens with one attached hydrogen (secondary N) is 2. The molecule has 1 aromatic carbocycles. The predicted molar refractivity (Wildman–Crippen MR) is 65.4 cm³/mol. The Morgan fingerprint density at radius 1 is 1.40 bits per heavy atom. The van der Waals surface area contributed by atoms with Crippen LogP contribution in [0.4, 0.5) is 5.69 Å². The summed E-state index contributed by atoms with van der Waals surface area (Å²) in [5.74, 6) is 0. The van der Waals surface area contributed by atoms with Gasteiger partial charge in [0.2, 0.25) is 0 Å². The van der Waals surface area contributed by atoms with E-state index in [2.05, 4.69) is 49.6 Å². The summed E-state index contributed by atoms with van der Waals surface area (Å²) >= 11 is 0. The molecule has 82 valence electrons. The maximum atomic E-state index is 3.58. The number of rotatable bonds is 2. The Kier molecular flexibility index (Phi) is 2.96. The van der Waals surface area contributed by atoms with E-state index in [0.29, 0.717) is 12.1 Å². The van der Waals surface area contributed by atoms with Gasteiger partial charge in [-0.25, -0.2) is 0 Å². The van der Waals surface area contributed by atoms with Gasteiger partial charge < -0.3 is 10.6 Å². The van der Waals surface area contributed by atoms with E-state index in [1.165, 1.54) is 16.8 Å². The summed E-state index contributed by atoms with van der Waals surface area (Å²) in [4.78, 5) is 0. The predicted octanol–water partition coefficient (Wildman–Crippen LogP) is 2.33. The molecule has 2 N–H and O–H groups in total. The highest BCUT2D eigenvalue weighted by Crippen LogP contribution is 2.22. The third kappa shape index (κ3) is 2.51. The highest BCUT2D eigenvalue weighted by molar-refractivity contribution is 5.55. The zero-order valence-electron chi connectivity index (χ0n) is 9.80. The molecule has 15 heavy (non-hydrogen) atoms. The van der Waals surface area contributed by atoms with Crippen molar-refractivity contribution in [3.8, 4) is 0 Å². The van der Waals surface area contributed by atoms with Crippen molar-refractivity contribution in [1.82, 2.24) is 5.32 Å². The fourth-order valence-electron chi connectivity index (χ4n) is 2.22. The Morgan fingerprint density at radius 3 is 2.93 bits per heavy atom. The molecule has 1 aliphatic rings. The lowest BCUT2D eigenvalue weighted by Crippen LogP contribution is -2.43. The first-order chi connectivity index (χ1) is 7.15. The number of benzene rings is 1. The molecule has 1 atom stereocenters. The second kappa shape index (κ2) is 4.23. The van der Waals surface area contributed by atoms with Crippen LogP contribution in [0.3, 0.4) is 0 Å². The van der Waals surface area contributed by atoms with Gasteiger partial charge in [0.25, 0.3) is 0 Å². The standard InChI is InChI=1S/C13H20N2/c1-9(2)15-12-7-11-6-10(3)4-5-13(11)14-8-12/h4-6,9,12,14-15H,7-8H2,1-3H3. The molecule has 1 heterocycles. The molecule has 1 unspecified atom stereocenters. The average Bonchev–Trinajstić information content (AvgIpc) is 2.16. The molecule has 2 rings (SSSR count). The van der Waals surface area contributed by atoms with Crippen molar-refractivity contribution >= 4 is 5.69 Å². The zero-order valence-corrected chi connectivity index (χ0v) is 9.80. The fourth-order valence-corrected chi connectivity index (χ4v) is 2.22. The molecule has 0 spiro atoms. The van der Waals surface area contributed by atoms with E-state index < -0.39 is 0 Å². The van der Waals surface area contributed by atoms with Gasteiger partial charge in [0.05, 0.1) is 0 Å². The van der Waals surface area contributed by atoms with Crippen molar-refractivity contribution in [1.29, 1.82) is 0 Å². The Morgan fingerprint density at radius 2 is 2.20 bits per heavy atom. The second-order valence-electron chi connectivity index (χ2n) is 4.76. The molecule has 0 saturated heterocycles. The first kappa shape index (κ1) is 10.5. The minimum Gasteiger partial charge on any atom is -0.383 e. The van der Waals surface area contributed by atoms with Crippen LogP contribution in [-0.4, -0.2) is 18.6 Å². The van der Waals surface area contributed by atoms with E-state index in [9.17, 15) is 0 Å². The van der Waals surface area contributed by atoms with Crippen molar-refractivity contribution in [3.63, 3.8) is 0 Å². The van der Waals surface area contributed by atoms with Gasteiger partial charge in [0.1, 0.15) is 0 Å². The molecule has 0 bridgehead atoms. The molecule has 0 radical (unpaired) electrons. The van der Waals surface area contributed by atoms with Gasteiger partial charge in [0.15, 0.2) is 0 Å². The molecular formula is C13H20N2. The molecule has 2 heteroatoms. The lowest BCUT2D eigenvalue weighted by Gasteiger charge is -2.28. The normalized spacial score (nSPS) is 19.9. The first-order valence-corrected chi connectivity index (χ1v) is 5.74. The lowest BCUT2D eigenvalue weighted by molar-refractivity contribution is 0.467. The van der Waals surface area contributed by atoms with Gasteiger partial charge in [-0.15, -0.1) is 0 Å². The minimum atomic E-state index is 0.558. The van der Waals surface area contributed by atoms with Gasteiger partial charge in [-0.2, -0.15) is 0 Å². The number of aryl methyl sites for hydroxylation is 1. The van der Waals surface area contributed by atoms with Crippen molar-refractivity contribution in [3.05, 3.63) is 29.3 Å². The van der Waals surface area contributed by atoms with Crippen LogP contribution in [0, 0.1) is 6.92 Å². The third-order valence-electron chi connectivity index (χ3n) is 2.84. The Balaban J connectivity index is 2.11. The van der Waals surface area contributed by atoms with Crippen molar-refractivity contribution < 1.29 is 0 Å². The largest absolute Gasteiger partial charge is 0.383 e. The summed E-state index contributed by atoms with van der Waals surface area (Å²) in [5.41, 5.74) is 4.10. The highest BCUT2D eigenvalue weighted by atomic mass is 15.0. The molecule has 0 amide bonds. The minimum absolute atomic E-state index is 0.558.